The normalized spacial score (nSPS) is 21.8. The van der Waals surface area contributed by atoms with Crippen molar-refractivity contribution in [2.24, 2.45) is 0 Å². The Labute approximate surface area is 170 Å². The molecule has 0 bridgehead atoms. The Morgan fingerprint density at radius 2 is 1.90 bits per heavy atom. The van der Waals surface area contributed by atoms with Crippen LogP contribution in [-0.2, 0) is 30.9 Å². The number of benzene rings is 1. The molecule has 152 valence electrons. The number of amides is 1. The molecule has 1 amide bonds. The number of para-hydroxylation sites is 1. The van der Waals surface area contributed by atoms with Crippen molar-refractivity contribution in [1.29, 1.82) is 0 Å². The first-order chi connectivity index (χ1) is 14.2. The molecule has 0 radical (unpaired) electrons. The van der Waals surface area contributed by atoms with Crippen LogP contribution < -0.4 is 5.01 Å². The van der Waals surface area contributed by atoms with Crippen LogP contribution in [0.5, 0.6) is 0 Å². The lowest BCUT2D eigenvalue weighted by atomic mass is 9.74. The van der Waals surface area contributed by atoms with Gasteiger partial charge in [0.15, 0.2) is 0 Å². The smallest absolute Gasteiger partial charge is 0.307 e. The van der Waals surface area contributed by atoms with E-state index in [0.717, 1.165) is 16.8 Å². The number of esters is 1. The molecule has 7 heteroatoms. The minimum Gasteiger partial charge on any atom is -0.466 e. The Balaban J connectivity index is 1.80. The number of pyridine rings is 1. The maximum Gasteiger partial charge on any atom is 0.307 e. The Hall–Kier alpha value is -2.77. The summed E-state index contributed by atoms with van der Waals surface area (Å²) in [7, 11) is 0. The van der Waals surface area contributed by atoms with E-state index in [0.29, 0.717) is 32.7 Å². The lowest BCUT2D eigenvalue weighted by molar-refractivity contribution is -0.147. The number of nitrogens with zero attached hydrogens (tertiary/aromatic N) is 3. The molecule has 3 heterocycles. The third-order valence-electron chi connectivity index (χ3n) is 5.53. The molecule has 4 rings (SSSR count). The first-order valence-electron chi connectivity index (χ1n) is 9.97. The van der Waals surface area contributed by atoms with Crippen molar-refractivity contribution in [1.82, 2.24) is 9.99 Å². The summed E-state index contributed by atoms with van der Waals surface area (Å²) < 4.78 is 10.7. The van der Waals surface area contributed by atoms with Crippen molar-refractivity contribution in [3.8, 4) is 0 Å². The summed E-state index contributed by atoms with van der Waals surface area (Å²) >= 11 is 0. The molecule has 0 N–H and O–H groups in total. The van der Waals surface area contributed by atoms with Crippen LogP contribution >= 0.6 is 0 Å². The highest BCUT2D eigenvalue weighted by Crippen LogP contribution is 2.47. The van der Waals surface area contributed by atoms with Gasteiger partial charge < -0.3 is 9.47 Å². The van der Waals surface area contributed by atoms with E-state index in [2.05, 4.69) is 4.98 Å². The number of aromatic nitrogens is 1. The van der Waals surface area contributed by atoms with Gasteiger partial charge in [0.2, 0.25) is 0 Å². The van der Waals surface area contributed by atoms with E-state index in [1.54, 1.807) is 24.3 Å². The molecule has 1 saturated heterocycles. The highest BCUT2D eigenvalue weighted by atomic mass is 16.5. The molecule has 1 unspecified atom stereocenters. The van der Waals surface area contributed by atoms with Crippen LogP contribution in [0.4, 0.5) is 5.69 Å². The second-order valence-electron chi connectivity index (χ2n) is 7.30. The zero-order valence-corrected chi connectivity index (χ0v) is 16.5. The number of anilines is 1. The van der Waals surface area contributed by atoms with Crippen molar-refractivity contribution >= 4 is 17.6 Å². The minimum absolute atomic E-state index is 0.000149. The minimum atomic E-state index is -1.01. The van der Waals surface area contributed by atoms with E-state index in [1.165, 1.54) is 0 Å². The number of hydrogen-bond donors (Lipinski definition) is 0. The first kappa shape index (κ1) is 19.5. The van der Waals surface area contributed by atoms with Crippen molar-refractivity contribution in [2.45, 2.75) is 25.2 Å². The molecular formula is C22H25N3O4. The molecule has 1 fully saturated rings. The molecule has 0 aliphatic carbocycles. The lowest BCUT2D eigenvalue weighted by Crippen LogP contribution is -2.54. The average molecular weight is 395 g/mol. The van der Waals surface area contributed by atoms with E-state index >= 15 is 0 Å². The summed E-state index contributed by atoms with van der Waals surface area (Å²) in [6.45, 7) is 4.46. The number of rotatable bonds is 6. The second-order valence-corrected chi connectivity index (χ2v) is 7.30. The van der Waals surface area contributed by atoms with Gasteiger partial charge in [0, 0.05) is 25.5 Å². The fourth-order valence-corrected chi connectivity index (χ4v) is 4.24. The van der Waals surface area contributed by atoms with E-state index < -0.39 is 5.41 Å². The lowest BCUT2D eigenvalue weighted by Gasteiger charge is -2.36. The topological polar surface area (TPSA) is 72.0 Å². The molecule has 2 aromatic rings. The van der Waals surface area contributed by atoms with Crippen LogP contribution in [0.3, 0.4) is 0 Å². The van der Waals surface area contributed by atoms with Crippen molar-refractivity contribution < 1.29 is 19.1 Å². The maximum atomic E-state index is 13.9. The van der Waals surface area contributed by atoms with E-state index in [-0.39, 0.29) is 24.9 Å². The summed E-state index contributed by atoms with van der Waals surface area (Å²) in [5.74, 6) is -0.459. The number of fused-ring (bicyclic) bond motifs is 1. The maximum absolute atomic E-state index is 13.9. The number of hydrogen-bond acceptors (Lipinski definition) is 6. The Kier molecular flexibility index (Phi) is 5.60. The van der Waals surface area contributed by atoms with Crippen LogP contribution in [0.15, 0.2) is 48.8 Å². The number of ether oxygens (including phenoxy) is 2. The molecule has 1 aromatic heterocycles. The van der Waals surface area contributed by atoms with Crippen molar-refractivity contribution in [2.75, 3.05) is 37.9 Å². The second kappa shape index (κ2) is 8.31. The van der Waals surface area contributed by atoms with Crippen molar-refractivity contribution in [3.05, 3.63) is 59.9 Å². The molecule has 1 aromatic carbocycles. The Morgan fingerprint density at radius 3 is 2.62 bits per heavy atom. The van der Waals surface area contributed by atoms with Gasteiger partial charge in [-0.2, -0.15) is 0 Å². The van der Waals surface area contributed by atoms with Gasteiger partial charge in [0.25, 0.3) is 5.91 Å². The van der Waals surface area contributed by atoms with Crippen LogP contribution in [-0.4, -0.2) is 54.8 Å². The standard InChI is InChI=1S/C22H25N3O4/c1-2-29-20(26)16-22(15-17-7-9-23-10-8-17)18-5-3-4-6-19(18)25(21(22)27)24-11-13-28-14-12-24/h3-10H,2,11-16H2,1H3. The fourth-order valence-electron chi connectivity index (χ4n) is 4.24. The molecule has 29 heavy (non-hydrogen) atoms. The first-order valence-corrected chi connectivity index (χ1v) is 9.97. The molecule has 2 aliphatic rings. The third-order valence-corrected chi connectivity index (χ3v) is 5.53. The fraction of sp³-hybridized carbons (Fsp3) is 0.409. The predicted octanol–water partition coefficient (Wildman–Crippen LogP) is 2.11. The zero-order valence-electron chi connectivity index (χ0n) is 16.5. The predicted molar refractivity (Wildman–Crippen MR) is 107 cm³/mol. The third kappa shape index (κ3) is 3.63. The van der Waals surface area contributed by atoms with Gasteiger partial charge in [-0.3, -0.25) is 14.6 Å². The molecular weight excluding hydrogens is 370 g/mol. The highest BCUT2D eigenvalue weighted by Gasteiger charge is 2.54. The molecule has 1 atom stereocenters. The highest BCUT2D eigenvalue weighted by molar-refractivity contribution is 6.09. The Bertz CT molecular complexity index is 883. The molecule has 7 nitrogen and oxygen atoms in total. The average Bonchev–Trinajstić information content (AvgIpc) is 2.98. The molecule has 2 aliphatic heterocycles. The van der Waals surface area contributed by atoms with Gasteiger partial charge in [-0.1, -0.05) is 18.2 Å². The van der Waals surface area contributed by atoms with Gasteiger partial charge in [-0.05, 0) is 42.7 Å². The number of hydrazine groups is 1. The zero-order chi connectivity index (χ0) is 20.3. The van der Waals surface area contributed by atoms with E-state index in [1.807, 2.05) is 41.4 Å². The van der Waals surface area contributed by atoms with Gasteiger partial charge in [0.1, 0.15) is 0 Å². The van der Waals surface area contributed by atoms with E-state index in [9.17, 15) is 9.59 Å². The summed E-state index contributed by atoms with van der Waals surface area (Å²) in [4.78, 5) is 30.6. The number of morpholine rings is 1. The van der Waals surface area contributed by atoms with Crippen molar-refractivity contribution in [3.63, 3.8) is 0 Å². The molecule has 0 spiro atoms. The number of carbonyl (C=O) groups excluding carboxylic acids is 2. The number of carbonyl (C=O) groups is 2. The van der Waals surface area contributed by atoms with Crippen LogP contribution in [0, 0.1) is 0 Å². The van der Waals surface area contributed by atoms with Crippen LogP contribution in [0.25, 0.3) is 0 Å². The van der Waals surface area contributed by atoms with Gasteiger partial charge in [-0.15, -0.1) is 0 Å². The summed E-state index contributed by atoms with van der Waals surface area (Å²) in [6, 6.07) is 11.5. The van der Waals surface area contributed by atoms with Gasteiger partial charge in [-0.25, -0.2) is 10.0 Å². The van der Waals surface area contributed by atoms with Gasteiger partial charge >= 0.3 is 5.97 Å². The summed E-state index contributed by atoms with van der Waals surface area (Å²) in [5.41, 5.74) is 1.64. The molecule has 0 saturated carbocycles. The quantitative estimate of drug-likeness (QED) is 0.698. The monoisotopic (exact) mass is 395 g/mol. The summed E-state index contributed by atoms with van der Waals surface area (Å²) in [5, 5.41) is 3.77. The largest absolute Gasteiger partial charge is 0.466 e. The summed E-state index contributed by atoms with van der Waals surface area (Å²) in [6.07, 6.45) is 3.82. The van der Waals surface area contributed by atoms with E-state index in [4.69, 9.17) is 9.47 Å². The SMILES string of the molecule is CCOC(=O)CC1(Cc2ccncc2)C(=O)N(N2CCOCC2)c2ccccc21. The Morgan fingerprint density at radius 1 is 1.17 bits per heavy atom. The van der Waals surface area contributed by atoms with Crippen LogP contribution in [0.1, 0.15) is 24.5 Å². The van der Waals surface area contributed by atoms with Crippen LogP contribution in [0.2, 0.25) is 0 Å². The van der Waals surface area contributed by atoms with Gasteiger partial charge in [0.05, 0.1) is 37.3 Å².